The molecule has 4 aromatic carbocycles. The predicted octanol–water partition coefficient (Wildman–Crippen LogP) is 6.56. The van der Waals surface area contributed by atoms with Gasteiger partial charge < -0.3 is 5.32 Å². The monoisotopic (exact) mass is 509 g/mol. The summed E-state index contributed by atoms with van der Waals surface area (Å²) in [6.07, 6.45) is 0.375. The summed E-state index contributed by atoms with van der Waals surface area (Å²) in [6.45, 7) is 0. The van der Waals surface area contributed by atoms with E-state index in [-0.39, 0.29) is 11.5 Å². The zero-order valence-electron chi connectivity index (χ0n) is 19.0. The molecule has 0 unspecified atom stereocenters. The average Bonchev–Trinajstić information content (AvgIpc) is 3.22. The Labute approximate surface area is 218 Å². The number of rotatable bonds is 5. The summed E-state index contributed by atoms with van der Waals surface area (Å²) in [7, 11) is 0. The van der Waals surface area contributed by atoms with E-state index in [9.17, 15) is 14.9 Å². The van der Waals surface area contributed by atoms with Crippen molar-refractivity contribution in [2.24, 2.45) is 0 Å². The molecule has 1 aliphatic rings. The highest BCUT2D eigenvalue weighted by Gasteiger charge is 2.41. The number of nitrogens with one attached hydrogen (secondary N) is 1. The topological polar surface area (TPSA) is 73.2 Å². The molecule has 5 rings (SSSR count). The highest BCUT2D eigenvalue weighted by Crippen LogP contribution is 2.42. The van der Waals surface area contributed by atoms with Gasteiger partial charge in [-0.05, 0) is 41.6 Å². The summed E-state index contributed by atoms with van der Waals surface area (Å²) in [5, 5.41) is 15.1. The molecule has 1 heterocycles. The standard InChI is InChI=1S/C29H20ClN3O2S/c30-24-15-7-5-10-20(24)17-26-28(35)33(21-12-2-1-3-13-21)29(36-26)23(18-31)27(34)32-25-16-8-11-19-9-4-6-14-22(19)25/h1-16,26H,17H2,(H,32,34)/b29-23+/t26-/m1/s1. The third kappa shape index (κ3) is 4.59. The Morgan fingerprint density at radius 2 is 1.64 bits per heavy atom. The Kier molecular flexibility index (Phi) is 6.77. The van der Waals surface area contributed by atoms with Gasteiger partial charge in [0.15, 0.2) is 0 Å². The lowest BCUT2D eigenvalue weighted by molar-refractivity contribution is -0.117. The van der Waals surface area contributed by atoms with E-state index in [4.69, 9.17) is 11.6 Å². The van der Waals surface area contributed by atoms with E-state index in [2.05, 4.69) is 11.4 Å². The first-order chi connectivity index (χ1) is 17.6. The molecule has 1 N–H and O–H groups in total. The van der Waals surface area contributed by atoms with Gasteiger partial charge in [-0.2, -0.15) is 5.26 Å². The van der Waals surface area contributed by atoms with E-state index >= 15 is 0 Å². The molecule has 0 aliphatic carbocycles. The highest BCUT2D eigenvalue weighted by atomic mass is 35.5. The number of fused-ring (bicyclic) bond motifs is 1. The Morgan fingerprint density at radius 1 is 0.944 bits per heavy atom. The van der Waals surface area contributed by atoms with E-state index in [1.165, 1.54) is 16.7 Å². The maximum Gasteiger partial charge on any atom is 0.269 e. The van der Waals surface area contributed by atoms with Crippen LogP contribution in [0.2, 0.25) is 5.02 Å². The lowest BCUT2D eigenvalue weighted by Gasteiger charge is -2.18. The minimum Gasteiger partial charge on any atom is -0.321 e. The molecule has 4 aromatic rings. The molecular weight excluding hydrogens is 490 g/mol. The molecule has 2 amide bonds. The molecule has 1 aliphatic heterocycles. The number of nitriles is 1. The summed E-state index contributed by atoms with van der Waals surface area (Å²) < 4.78 is 0. The maximum atomic E-state index is 13.6. The van der Waals surface area contributed by atoms with Crippen molar-refractivity contribution in [3.05, 3.63) is 118 Å². The van der Waals surface area contributed by atoms with Crippen LogP contribution in [0.15, 0.2) is 108 Å². The molecule has 1 fully saturated rings. The quantitative estimate of drug-likeness (QED) is 0.244. The largest absolute Gasteiger partial charge is 0.321 e. The molecular formula is C29H20ClN3O2S. The molecule has 0 saturated carbocycles. The number of halogens is 1. The van der Waals surface area contributed by atoms with Crippen LogP contribution in [-0.2, 0) is 16.0 Å². The summed E-state index contributed by atoms with van der Waals surface area (Å²) in [5.74, 6) is -0.768. The first-order valence-electron chi connectivity index (χ1n) is 11.3. The lowest BCUT2D eigenvalue weighted by atomic mass is 10.1. The lowest BCUT2D eigenvalue weighted by Crippen LogP contribution is -2.30. The second-order valence-corrected chi connectivity index (χ2v) is 9.78. The third-order valence-electron chi connectivity index (χ3n) is 5.92. The Morgan fingerprint density at radius 3 is 2.42 bits per heavy atom. The van der Waals surface area contributed by atoms with Crippen LogP contribution in [-0.4, -0.2) is 17.1 Å². The van der Waals surface area contributed by atoms with Gasteiger partial charge in [-0.3, -0.25) is 14.5 Å². The molecule has 176 valence electrons. The van der Waals surface area contributed by atoms with Crippen molar-refractivity contribution in [1.29, 1.82) is 5.26 Å². The van der Waals surface area contributed by atoms with Crippen molar-refractivity contribution in [2.75, 3.05) is 10.2 Å². The minimum absolute atomic E-state index is 0.119. The number of hydrogen-bond acceptors (Lipinski definition) is 4. The number of hydrogen-bond donors (Lipinski definition) is 1. The van der Waals surface area contributed by atoms with Crippen molar-refractivity contribution in [3.8, 4) is 6.07 Å². The van der Waals surface area contributed by atoms with Crippen LogP contribution in [0, 0.1) is 11.3 Å². The molecule has 1 saturated heterocycles. The minimum atomic E-state index is -0.566. The first-order valence-corrected chi connectivity index (χ1v) is 12.5. The molecule has 1 atom stereocenters. The summed E-state index contributed by atoms with van der Waals surface area (Å²) >= 11 is 7.57. The number of amides is 2. The number of nitrogens with zero attached hydrogens (tertiary/aromatic N) is 2. The van der Waals surface area contributed by atoms with Crippen LogP contribution in [0.4, 0.5) is 11.4 Å². The second kappa shape index (κ2) is 10.3. The fraction of sp³-hybridized carbons (Fsp3) is 0.0690. The average molecular weight is 510 g/mol. The van der Waals surface area contributed by atoms with Crippen LogP contribution in [0.25, 0.3) is 10.8 Å². The fourth-order valence-corrected chi connectivity index (χ4v) is 5.69. The van der Waals surface area contributed by atoms with E-state index in [0.29, 0.717) is 27.8 Å². The van der Waals surface area contributed by atoms with Crippen molar-refractivity contribution in [2.45, 2.75) is 11.7 Å². The molecule has 0 aromatic heterocycles. The van der Waals surface area contributed by atoms with E-state index in [1.807, 2.05) is 72.8 Å². The van der Waals surface area contributed by atoms with E-state index in [0.717, 1.165) is 16.3 Å². The van der Waals surface area contributed by atoms with Gasteiger partial charge in [0.05, 0.1) is 5.25 Å². The predicted molar refractivity (Wildman–Crippen MR) is 146 cm³/mol. The number of para-hydroxylation sites is 1. The summed E-state index contributed by atoms with van der Waals surface area (Å²) in [5.41, 5.74) is 1.90. The Balaban J connectivity index is 1.54. The second-order valence-electron chi connectivity index (χ2n) is 8.18. The van der Waals surface area contributed by atoms with Crippen molar-refractivity contribution in [3.63, 3.8) is 0 Å². The number of thioether (sulfide) groups is 1. The number of anilines is 2. The zero-order chi connectivity index (χ0) is 25.1. The Bertz CT molecular complexity index is 1540. The van der Waals surface area contributed by atoms with Gasteiger partial charge in [-0.15, -0.1) is 0 Å². The van der Waals surface area contributed by atoms with Gasteiger partial charge in [0.1, 0.15) is 16.7 Å². The summed E-state index contributed by atoms with van der Waals surface area (Å²) in [6, 6.07) is 31.7. The first kappa shape index (κ1) is 23.7. The van der Waals surface area contributed by atoms with Gasteiger partial charge in [-0.25, -0.2) is 0 Å². The summed E-state index contributed by atoms with van der Waals surface area (Å²) in [4.78, 5) is 28.5. The van der Waals surface area contributed by atoms with Crippen molar-refractivity contribution in [1.82, 2.24) is 0 Å². The number of carbonyl (C=O) groups excluding carboxylic acids is 2. The van der Waals surface area contributed by atoms with Crippen LogP contribution in [0.1, 0.15) is 5.56 Å². The highest BCUT2D eigenvalue weighted by molar-refractivity contribution is 8.05. The van der Waals surface area contributed by atoms with E-state index < -0.39 is 11.2 Å². The Hall–Kier alpha value is -4.05. The van der Waals surface area contributed by atoms with Gasteiger partial charge in [-0.1, -0.05) is 96.2 Å². The molecule has 0 spiro atoms. The van der Waals surface area contributed by atoms with Crippen molar-refractivity contribution < 1.29 is 9.59 Å². The smallest absolute Gasteiger partial charge is 0.269 e. The maximum absolute atomic E-state index is 13.6. The number of benzene rings is 4. The van der Waals surface area contributed by atoms with Crippen LogP contribution >= 0.6 is 23.4 Å². The van der Waals surface area contributed by atoms with Gasteiger partial charge in [0.25, 0.3) is 5.91 Å². The van der Waals surface area contributed by atoms with Crippen LogP contribution < -0.4 is 10.2 Å². The van der Waals surface area contributed by atoms with Crippen molar-refractivity contribution >= 4 is 57.3 Å². The van der Waals surface area contributed by atoms with Crippen LogP contribution in [0.3, 0.4) is 0 Å². The van der Waals surface area contributed by atoms with Gasteiger partial charge in [0.2, 0.25) is 5.91 Å². The number of carbonyl (C=O) groups is 2. The van der Waals surface area contributed by atoms with Gasteiger partial charge >= 0.3 is 0 Å². The van der Waals surface area contributed by atoms with Crippen LogP contribution in [0.5, 0.6) is 0 Å². The molecule has 0 bridgehead atoms. The third-order valence-corrected chi connectivity index (χ3v) is 7.55. The molecule has 5 nitrogen and oxygen atoms in total. The SMILES string of the molecule is N#C/C(C(=O)Nc1cccc2ccccc12)=C1\S[C@H](Cc2ccccc2Cl)C(=O)N1c1ccccc1. The normalized spacial score (nSPS) is 16.6. The molecule has 36 heavy (non-hydrogen) atoms. The van der Waals surface area contributed by atoms with E-state index in [1.54, 1.807) is 24.3 Å². The zero-order valence-corrected chi connectivity index (χ0v) is 20.6. The molecule has 7 heteroatoms. The van der Waals surface area contributed by atoms with Gasteiger partial charge in [0, 0.05) is 21.8 Å². The molecule has 0 radical (unpaired) electrons. The fourth-order valence-electron chi connectivity index (χ4n) is 4.18.